The fourth-order valence-electron chi connectivity index (χ4n) is 2.31. The largest absolute Gasteiger partial charge is 0.497 e. The summed E-state index contributed by atoms with van der Waals surface area (Å²) in [6.45, 7) is 0.419. The second-order valence-corrected chi connectivity index (χ2v) is 6.68. The molecule has 8 nitrogen and oxygen atoms in total. The van der Waals surface area contributed by atoms with Crippen LogP contribution >= 0.6 is 35.3 Å². The van der Waals surface area contributed by atoms with Gasteiger partial charge in [-0.2, -0.15) is 18.3 Å². The van der Waals surface area contributed by atoms with Crippen LogP contribution in [0.2, 0.25) is 0 Å². The summed E-state index contributed by atoms with van der Waals surface area (Å²) in [5.41, 5.74) is -0.0602. The number of guanidine groups is 1. The number of thiazole rings is 1. The van der Waals surface area contributed by atoms with Gasteiger partial charge in [0.1, 0.15) is 16.6 Å². The summed E-state index contributed by atoms with van der Waals surface area (Å²) in [5.74, 6) is 2.25. The Kier molecular flexibility index (Phi) is 8.40. The van der Waals surface area contributed by atoms with Gasteiger partial charge in [-0.3, -0.25) is 10.1 Å². The highest BCUT2D eigenvalue weighted by atomic mass is 127. The van der Waals surface area contributed by atoms with Gasteiger partial charge in [0.15, 0.2) is 17.5 Å². The van der Waals surface area contributed by atoms with Crippen molar-refractivity contribution in [2.75, 3.05) is 14.2 Å². The van der Waals surface area contributed by atoms with Gasteiger partial charge in [-0.05, 0) is 24.3 Å². The normalized spacial score (nSPS) is 11.7. The van der Waals surface area contributed by atoms with Crippen molar-refractivity contribution in [3.05, 3.63) is 46.2 Å². The first kappa shape index (κ1) is 23.9. The third-order valence-corrected chi connectivity index (χ3v) is 4.62. The summed E-state index contributed by atoms with van der Waals surface area (Å²) in [6, 6.07) is 7.34. The molecule has 2 aromatic heterocycles. The number of methoxy groups -OCH3 is 1. The number of hydrogen-bond donors (Lipinski definition) is 3. The van der Waals surface area contributed by atoms with Crippen molar-refractivity contribution in [2.45, 2.75) is 19.3 Å². The van der Waals surface area contributed by atoms with Gasteiger partial charge in [-0.1, -0.05) is 0 Å². The zero-order chi connectivity index (χ0) is 20.9. The van der Waals surface area contributed by atoms with Gasteiger partial charge in [0.25, 0.3) is 0 Å². The van der Waals surface area contributed by atoms with Crippen LogP contribution in [0.3, 0.4) is 0 Å². The predicted molar refractivity (Wildman–Crippen MR) is 118 cm³/mol. The Labute approximate surface area is 191 Å². The van der Waals surface area contributed by atoms with Crippen molar-refractivity contribution in [1.82, 2.24) is 30.8 Å². The molecule has 0 atom stereocenters. The third kappa shape index (κ3) is 6.29. The Hall–Kier alpha value is -2.42. The maximum Gasteiger partial charge on any atom is 0.434 e. The summed E-state index contributed by atoms with van der Waals surface area (Å²) in [5, 5.41) is 14.2. The molecule has 0 aliphatic heterocycles. The highest BCUT2D eigenvalue weighted by Gasteiger charge is 2.33. The number of benzene rings is 1. The smallest absolute Gasteiger partial charge is 0.434 e. The Balaban J connectivity index is 0.00000320. The van der Waals surface area contributed by atoms with Crippen molar-refractivity contribution in [3.8, 4) is 17.1 Å². The number of nitrogens with zero attached hydrogens (tertiary/aromatic N) is 4. The lowest BCUT2D eigenvalue weighted by molar-refractivity contribution is -0.140. The number of alkyl halides is 3. The monoisotopic (exact) mass is 553 g/mol. The van der Waals surface area contributed by atoms with E-state index in [0.29, 0.717) is 29.2 Å². The number of aromatic nitrogens is 4. The standard InChI is InChI=1S/C17H18F3N7OS.HI/c1-21-16(23-8-14-24-12(9-29-14)17(18,19)20)22-7-13-25-15(27-26-13)10-3-5-11(28-2)6-4-10;/h3-6,9H,7-8H2,1-2H3,(H2,21,22,23)(H,25,26,27);1H. The molecule has 30 heavy (non-hydrogen) atoms. The molecule has 0 unspecified atom stereocenters. The Bertz CT molecular complexity index is 972. The fourth-order valence-corrected chi connectivity index (χ4v) is 3.05. The Morgan fingerprint density at radius 2 is 1.87 bits per heavy atom. The molecule has 1 aromatic carbocycles. The van der Waals surface area contributed by atoms with Gasteiger partial charge >= 0.3 is 6.18 Å². The van der Waals surface area contributed by atoms with E-state index >= 15 is 0 Å². The number of aromatic amines is 1. The molecule has 0 bridgehead atoms. The SMILES string of the molecule is CN=C(NCc1nc(-c2ccc(OC)cc2)n[nH]1)NCc1nc(C(F)(F)F)cs1.I. The quantitative estimate of drug-likeness (QED) is 0.246. The van der Waals surface area contributed by atoms with Crippen molar-refractivity contribution >= 4 is 41.3 Å². The third-order valence-electron chi connectivity index (χ3n) is 3.78. The summed E-state index contributed by atoms with van der Waals surface area (Å²) in [4.78, 5) is 12.0. The summed E-state index contributed by atoms with van der Waals surface area (Å²) < 4.78 is 42.9. The molecular weight excluding hydrogens is 534 g/mol. The molecule has 0 saturated carbocycles. The van der Waals surface area contributed by atoms with E-state index in [1.165, 1.54) is 0 Å². The van der Waals surface area contributed by atoms with Crippen LogP contribution in [0.15, 0.2) is 34.6 Å². The number of ether oxygens (including phenoxy) is 1. The second kappa shape index (κ2) is 10.6. The van der Waals surface area contributed by atoms with Gasteiger partial charge in [-0.25, -0.2) is 9.97 Å². The van der Waals surface area contributed by atoms with Crippen LogP contribution in [0.25, 0.3) is 11.4 Å². The molecule has 0 amide bonds. The molecule has 0 fully saturated rings. The number of rotatable bonds is 6. The van der Waals surface area contributed by atoms with E-state index in [9.17, 15) is 13.2 Å². The second-order valence-electron chi connectivity index (χ2n) is 5.74. The van der Waals surface area contributed by atoms with Gasteiger partial charge in [0.2, 0.25) is 0 Å². The number of hydrogen-bond acceptors (Lipinski definition) is 6. The summed E-state index contributed by atoms with van der Waals surface area (Å²) >= 11 is 0.933. The van der Waals surface area contributed by atoms with E-state index in [0.717, 1.165) is 28.0 Å². The van der Waals surface area contributed by atoms with Gasteiger partial charge in [0.05, 0.1) is 20.2 Å². The van der Waals surface area contributed by atoms with Crippen molar-refractivity contribution in [2.24, 2.45) is 4.99 Å². The first-order valence-corrected chi connectivity index (χ1v) is 9.29. The maximum atomic E-state index is 12.6. The van der Waals surface area contributed by atoms with E-state index < -0.39 is 11.9 Å². The van der Waals surface area contributed by atoms with Crippen LogP contribution in [0.5, 0.6) is 5.75 Å². The van der Waals surface area contributed by atoms with Crippen LogP contribution < -0.4 is 15.4 Å². The van der Waals surface area contributed by atoms with Gasteiger partial charge in [-0.15, -0.1) is 35.3 Å². The zero-order valence-electron chi connectivity index (χ0n) is 15.9. The van der Waals surface area contributed by atoms with E-state index in [1.807, 2.05) is 24.3 Å². The van der Waals surface area contributed by atoms with Crippen LogP contribution in [-0.4, -0.2) is 40.3 Å². The Morgan fingerprint density at radius 1 is 1.17 bits per heavy atom. The lowest BCUT2D eigenvalue weighted by Gasteiger charge is -2.09. The van der Waals surface area contributed by atoms with Crippen molar-refractivity contribution in [3.63, 3.8) is 0 Å². The predicted octanol–water partition coefficient (Wildman–Crippen LogP) is 3.44. The molecule has 3 rings (SSSR count). The molecule has 0 aliphatic rings. The molecular formula is C17H19F3IN7OS. The molecule has 0 radical (unpaired) electrons. The minimum Gasteiger partial charge on any atom is -0.497 e. The van der Waals surface area contributed by atoms with Gasteiger partial charge in [0, 0.05) is 18.0 Å². The molecule has 0 saturated heterocycles. The lowest BCUT2D eigenvalue weighted by atomic mass is 10.2. The van der Waals surface area contributed by atoms with E-state index in [2.05, 4.69) is 35.8 Å². The first-order valence-electron chi connectivity index (χ1n) is 8.41. The first-order chi connectivity index (χ1) is 13.9. The molecule has 3 aromatic rings. The molecule has 2 heterocycles. The Morgan fingerprint density at radius 3 is 2.47 bits per heavy atom. The number of halogens is 4. The number of nitrogens with one attached hydrogen (secondary N) is 3. The summed E-state index contributed by atoms with van der Waals surface area (Å²) in [6.07, 6.45) is -4.44. The number of aliphatic imine (C=N–C) groups is 1. The van der Waals surface area contributed by atoms with Gasteiger partial charge < -0.3 is 15.4 Å². The van der Waals surface area contributed by atoms with Crippen LogP contribution in [0.1, 0.15) is 16.5 Å². The van der Waals surface area contributed by atoms with Crippen molar-refractivity contribution in [1.29, 1.82) is 0 Å². The van der Waals surface area contributed by atoms with E-state index in [1.54, 1.807) is 14.2 Å². The maximum absolute atomic E-state index is 12.6. The van der Waals surface area contributed by atoms with Crippen LogP contribution in [0.4, 0.5) is 13.2 Å². The fraction of sp³-hybridized carbons (Fsp3) is 0.294. The topological polar surface area (TPSA) is 100 Å². The minimum atomic E-state index is -4.44. The average Bonchev–Trinajstić information content (AvgIpc) is 3.38. The van der Waals surface area contributed by atoms with E-state index in [-0.39, 0.29) is 30.5 Å². The lowest BCUT2D eigenvalue weighted by Crippen LogP contribution is -2.36. The number of H-pyrrole nitrogens is 1. The highest BCUT2D eigenvalue weighted by Crippen LogP contribution is 2.29. The van der Waals surface area contributed by atoms with E-state index in [4.69, 9.17) is 4.74 Å². The molecule has 162 valence electrons. The zero-order valence-corrected chi connectivity index (χ0v) is 19.1. The van der Waals surface area contributed by atoms with Crippen molar-refractivity contribution < 1.29 is 17.9 Å². The minimum absolute atomic E-state index is 0. The van der Waals surface area contributed by atoms with Crippen LogP contribution in [-0.2, 0) is 19.3 Å². The molecule has 0 aliphatic carbocycles. The highest BCUT2D eigenvalue weighted by molar-refractivity contribution is 14.0. The molecule has 0 spiro atoms. The average molecular weight is 553 g/mol. The molecule has 3 N–H and O–H groups in total. The van der Waals surface area contributed by atoms with Crippen LogP contribution in [0, 0.1) is 0 Å². The molecule has 13 heteroatoms. The summed E-state index contributed by atoms with van der Waals surface area (Å²) in [7, 11) is 3.15.